The van der Waals surface area contributed by atoms with Crippen LogP contribution in [-0.4, -0.2) is 97.5 Å². The number of ether oxygens (including phenoxy) is 4. The van der Waals surface area contributed by atoms with Gasteiger partial charge in [-0.15, -0.1) is 0 Å². The van der Waals surface area contributed by atoms with Gasteiger partial charge < -0.3 is 34.3 Å². The molecule has 0 saturated carbocycles. The fourth-order valence-corrected chi connectivity index (χ4v) is 8.48. The molecule has 1 aliphatic heterocycles. The van der Waals surface area contributed by atoms with Gasteiger partial charge >= 0.3 is 16.4 Å². The Hall–Kier alpha value is -0.900. The van der Waals surface area contributed by atoms with Crippen LogP contribution in [0.2, 0.25) is 0 Å². The van der Waals surface area contributed by atoms with Crippen LogP contribution in [0.4, 0.5) is 0 Å². The number of aliphatic hydroxyl groups excluding tert-OH is 3. The van der Waals surface area contributed by atoms with Gasteiger partial charge in [0.05, 0.1) is 19.8 Å². The van der Waals surface area contributed by atoms with Crippen molar-refractivity contribution in [2.45, 2.75) is 269 Å². The number of unbranched alkanes of at least 4 members (excludes halogenated alkanes) is 31. The van der Waals surface area contributed by atoms with E-state index in [1.54, 1.807) is 0 Å². The summed E-state index contributed by atoms with van der Waals surface area (Å²) in [6.07, 6.45) is 33.2. The molecule has 0 spiro atoms. The third-order valence-corrected chi connectivity index (χ3v) is 12.2. The summed E-state index contributed by atoms with van der Waals surface area (Å²) in [7, 11) is -5.05. The maximum atomic E-state index is 12.8. The number of rotatable bonds is 44. The minimum absolute atomic E-state index is 0.0440. The molecule has 0 aromatic rings. The fourth-order valence-electron chi connectivity index (χ4n) is 7.97. The van der Waals surface area contributed by atoms with Crippen molar-refractivity contribution in [2.75, 3.05) is 26.4 Å². The molecule has 0 aromatic carbocycles. The Morgan fingerprint density at radius 3 is 1.33 bits per heavy atom. The maximum absolute atomic E-state index is 12.8. The predicted octanol–water partition coefficient (Wildman–Crippen LogP) is 10.9. The van der Waals surface area contributed by atoms with E-state index in [0.29, 0.717) is 13.0 Å². The lowest BCUT2D eigenvalue weighted by molar-refractivity contribution is -0.301. The fraction of sp³-hybridized carbons (Fsp3) is 0.979. The Morgan fingerprint density at radius 2 is 0.950 bits per heavy atom. The third-order valence-electron chi connectivity index (χ3n) is 11.7. The van der Waals surface area contributed by atoms with Crippen molar-refractivity contribution < 1.29 is 56.2 Å². The molecule has 1 rings (SSSR count). The zero-order valence-electron chi connectivity index (χ0n) is 38.3. The standard InChI is InChI=1S/C47H92O12S/c1-3-5-7-9-11-13-14-15-16-17-18-19-20-21-22-23-24-25-26-27-28-29-31-33-35-37-55-39-41(57-43(49)36-34-32-30-12-10-8-6-4-2)40-56-47-45(51)46(59-60(52,53)54)44(50)42(38-48)58-47/h41-42,44-48,50-51H,3-40H2,1-2H3,(H,52,53,54). The number of hydrogen-bond donors (Lipinski definition) is 4. The van der Waals surface area contributed by atoms with Gasteiger partial charge in [0.15, 0.2) is 6.29 Å². The van der Waals surface area contributed by atoms with E-state index < -0.39 is 59.8 Å². The summed E-state index contributed by atoms with van der Waals surface area (Å²) in [5.41, 5.74) is 0. The summed E-state index contributed by atoms with van der Waals surface area (Å²) in [6.45, 7) is 4.00. The number of aliphatic hydroxyl groups is 3. The topological polar surface area (TPSA) is 178 Å². The molecule has 4 N–H and O–H groups in total. The van der Waals surface area contributed by atoms with Crippen molar-refractivity contribution in [1.82, 2.24) is 0 Å². The second kappa shape index (κ2) is 39.7. The van der Waals surface area contributed by atoms with Gasteiger partial charge in [0.2, 0.25) is 0 Å². The highest BCUT2D eigenvalue weighted by molar-refractivity contribution is 7.80. The summed E-state index contributed by atoms with van der Waals surface area (Å²) in [5.74, 6) is -0.399. The molecule has 0 aliphatic carbocycles. The molecule has 12 nitrogen and oxygen atoms in total. The van der Waals surface area contributed by atoms with E-state index in [2.05, 4.69) is 18.0 Å². The van der Waals surface area contributed by atoms with Gasteiger partial charge in [-0.25, -0.2) is 4.18 Å². The summed E-state index contributed by atoms with van der Waals surface area (Å²) in [6, 6.07) is 0. The van der Waals surface area contributed by atoms with E-state index >= 15 is 0 Å². The highest BCUT2D eigenvalue weighted by Gasteiger charge is 2.48. The first-order valence-electron chi connectivity index (χ1n) is 24.8. The summed E-state index contributed by atoms with van der Waals surface area (Å²) < 4.78 is 59.0. The second-order valence-electron chi connectivity index (χ2n) is 17.4. The first-order chi connectivity index (χ1) is 29.1. The molecular formula is C47H92O12S. The molecule has 1 saturated heterocycles. The summed E-state index contributed by atoms with van der Waals surface area (Å²) in [4.78, 5) is 12.8. The Balaban J connectivity index is 2.22. The van der Waals surface area contributed by atoms with Crippen molar-refractivity contribution in [3.05, 3.63) is 0 Å². The van der Waals surface area contributed by atoms with Gasteiger partial charge in [0.1, 0.15) is 30.5 Å². The summed E-state index contributed by atoms with van der Waals surface area (Å²) >= 11 is 0. The van der Waals surface area contributed by atoms with Crippen molar-refractivity contribution in [1.29, 1.82) is 0 Å². The Bertz CT molecular complexity index is 1060. The van der Waals surface area contributed by atoms with Crippen molar-refractivity contribution in [2.24, 2.45) is 0 Å². The van der Waals surface area contributed by atoms with E-state index in [-0.39, 0.29) is 19.6 Å². The molecule has 0 aromatic heterocycles. The van der Waals surface area contributed by atoms with Gasteiger partial charge in [0.25, 0.3) is 0 Å². The zero-order valence-corrected chi connectivity index (χ0v) is 39.1. The average Bonchev–Trinajstić information content (AvgIpc) is 3.22. The van der Waals surface area contributed by atoms with Crippen LogP contribution in [0.25, 0.3) is 0 Å². The van der Waals surface area contributed by atoms with E-state index in [4.69, 9.17) is 23.5 Å². The molecular weight excluding hydrogens is 789 g/mol. The van der Waals surface area contributed by atoms with E-state index in [1.807, 2.05) is 0 Å². The van der Waals surface area contributed by atoms with Crippen LogP contribution in [0.15, 0.2) is 0 Å². The van der Waals surface area contributed by atoms with E-state index in [0.717, 1.165) is 38.5 Å². The first-order valence-corrected chi connectivity index (χ1v) is 26.2. The number of carbonyl (C=O) groups is 1. The van der Waals surface area contributed by atoms with E-state index in [1.165, 1.54) is 167 Å². The van der Waals surface area contributed by atoms with Gasteiger partial charge in [0, 0.05) is 13.0 Å². The number of hydrogen-bond acceptors (Lipinski definition) is 11. The predicted molar refractivity (Wildman–Crippen MR) is 239 cm³/mol. The number of carbonyl (C=O) groups excluding carboxylic acids is 1. The van der Waals surface area contributed by atoms with E-state index in [9.17, 15) is 28.5 Å². The van der Waals surface area contributed by atoms with Crippen molar-refractivity contribution in [3.63, 3.8) is 0 Å². The Labute approximate surface area is 366 Å². The van der Waals surface area contributed by atoms with Crippen LogP contribution >= 0.6 is 0 Å². The molecule has 6 atom stereocenters. The lowest BCUT2D eigenvalue weighted by atomic mass is 9.99. The SMILES string of the molecule is CCCCCCCCCCCCCCCCCCCCCCCCCCCOCC(COC1OC(CO)C(O)C(OS(=O)(=O)O)C1O)OC(=O)CCCCCCCCCC. The average molecular weight is 881 g/mol. The van der Waals surface area contributed by atoms with Crippen LogP contribution in [0.1, 0.15) is 232 Å². The minimum atomic E-state index is -5.05. The minimum Gasteiger partial charge on any atom is -0.457 e. The molecule has 6 unspecified atom stereocenters. The normalized spacial score (nSPS) is 20.1. The highest BCUT2D eigenvalue weighted by Crippen LogP contribution is 2.26. The van der Waals surface area contributed by atoms with Crippen molar-refractivity contribution in [3.8, 4) is 0 Å². The van der Waals surface area contributed by atoms with Crippen LogP contribution < -0.4 is 0 Å². The van der Waals surface area contributed by atoms with Crippen LogP contribution in [-0.2, 0) is 38.3 Å². The largest absolute Gasteiger partial charge is 0.457 e. The maximum Gasteiger partial charge on any atom is 0.397 e. The molecule has 0 bridgehead atoms. The molecule has 60 heavy (non-hydrogen) atoms. The van der Waals surface area contributed by atoms with Crippen LogP contribution in [0.5, 0.6) is 0 Å². The molecule has 0 radical (unpaired) electrons. The van der Waals surface area contributed by atoms with Gasteiger partial charge in [-0.05, 0) is 12.8 Å². The summed E-state index contributed by atoms with van der Waals surface area (Å²) in [5, 5.41) is 30.6. The molecule has 1 aliphatic rings. The lowest BCUT2D eigenvalue weighted by Crippen LogP contribution is -2.60. The lowest BCUT2D eigenvalue weighted by Gasteiger charge is -2.41. The smallest absolute Gasteiger partial charge is 0.397 e. The molecule has 13 heteroatoms. The van der Waals surface area contributed by atoms with Crippen molar-refractivity contribution >= 4 is 16.4 Å². The molecule has 358 valence electrons. The quantitative estimate of drug-likeness (QED) is 0.0259. The van der Waals surface area contributed by atoms with Gasteiger partial charge in [-0.1, -0.05) is 213 Å². The van der Waals surface area contributed by atoms with Crippen LogP contribution in [0.3, 0.4) is 0 Å². The molecule has 1 heterocycles. The van der Waals surface area contributed by atoms with Crippen LogP contribution in [0, 0.1) is 0 Å². The molecule has 1 fully saturated rings. The zero-order chi connectivity index (χ0) is 43.9. The Kier molecular flexibility index (Phi) is 37.8. The number of esters is 1. The highest BCUT2D eigenvalue weighted by atomic mass is 32.3. The Morgan fingerprint density at radius 1 is 0.567 bits per heavy atom. The third kappa shape index (κ3) is 32.7. The van der Waals surface area contributed by atoms with Gasteiger partial charge in [-0.2, -0.15) is 8.42 Å². The monoisotopic (exact) mass is 881 g/mol. The van der Waals surface area contributed by atoms with Gasteiger partial charge in [-0.3, -0.25) is 9.35 Å². The second-order valence-corrected chi connectivity index (χ2v) is 18.5. The molecule has 0 amide bonds. The first kappa shape index (κ1) is 57.1.